The molecule has 0 N–H and O–H groups in total. The topological polar surface area (TPSA) is 50.9 Å². The van der Waals surface area contributed by atoms with E-state index in [2.05, 4.69) is 0 Å². The Morgan fingerprint density at radius 3 is 1.12 bits per heavy atom. The first-order chi connectivity index (χ1) is 12.9. The van der Waals surface area contributed by atoms with Crippen LogP contribution in [0.4, 0.5) is 39.5 Å². The largest absolute Gasteiger partial charge is 1.00 e. The van der Waals surface area contributed by atoms with Crippen molar-refractivity contribution >= 4 is 0 Å². The zero-order chi connectivity index (χ0) is 23.6. The van der Waals surface area contributed by atoms with Gasteiger partial charge >= 0.3 is 135 Å². The molecule has 0 atom stereocenters. The molecule has 0 spiro atoms. The minimum absolute atomic E-state index is 0. The number of halogens is 10. The molecule has 0 bridgehead atoms. The number of hydrogen-bond acceptors (Lipinski definition) is 5. The molecule has 2 rings (SSSR count). The van der Waals surface area contributed by atoms with Gasteiger partial charge in [0.15, 0.2) is 0 Å². The third kappa shape index (κ3) is 24.3. The van der Waals surface area contributed by atoms with Gasteiger partial charge in [0.2, 0.25) is 6.42 Å². The van der Waals surface area contributed by atoms with Gasteiger partial charge in [-0.1, -0.05) is 7.43 Å². The van der Waals surface area contributed by atoms with Crippen LogP contribution < -0.4 is 121 Å². The second-order valence-corrected chi connectivity index (χ2v) is 5.90. The summed E-state index contributed by atoms with van der Waals surface area (Å²) in [6, 6.07) is 1.75. The second kappa shape index (κ2) is 22.2. The van der Waals surface area contributed by atoms with Crippen molar-refractivity contribution in [1.29, 1.82) is 5.26 Å². The molecule has 2 fully saturated rings. The van der Waals surface area contributed by atoms with Crippen molar-refractivity contribution in [2.24, 2.45) is 0 Å². The number of alkyl halides is 9. The first kappa shape index (κ1) is 48.3. The molecule has 6 nitrogen and oxygen atoms in total. The SMILES string of the molecule is C.CC#N.CN1CCN(C)C1(F)F.CN1CCN(C)C1F.FC(F)(F)[N-]C(F)(F)F.[F-].[Rb+].[Rb+]. The summed E-state index contributed by atoms with van der Waals surface area (Å²) in [6.07, 6.45) is -14.6. The molecule has 0 unspecified atom stereocenters. The van der Waals surface area contributed by atoms with E-state index in [0.717, 1.165) is 22.9 Å². The van der Waals surface area contributed by atoms with Crippen LogP contribution >= 0.6 is 0 Å². The quantitative estimate of drug-likeness (QED) is 0.194. The third-order valence-corrected chi connectivity index (χ3v) is 3.48. The molecule has 0 aliphatic carbocycles. The summed E-state index contributed by atoms with van der Waals surface area (Å²) in [4.78, 5) is 5.43. The minimum Gasteiger partial charge on any atom is -1.00 e. The van der Waals surface area contributed by atoms with E-state index < -0.39 is 25.2 Å². The molecule has 0 aromatic carbocycles. The van der Waals surface area contributed by atoms with Crippen molar-refractivity contribution < 1.29 is 161 Å². The fraction of sp³-hybridized carbons (Fsp3) is 0.933. The number of nitriles is 1. The van der Waals surface area contributed by atoms with Crippen molar-refractivity contribution in [2.45, 2.75) is 39.5 Å². The van der Waals surface area contributed by atoms with Gasteiger partial charge in [0.25, 0.3) is 0 Å². The monoisotopic (exact) mass is 652 g/mol. The minimum atomic E-state index is -5.52. The molecule has 2 heterocycles. The smallest absolute Gasteiger partial charge is 1.00 e. The maximum atomic E-state index is 12.6. The molecule has 2 aliphatic heterocycles. The van der Waals surface area contributed by atoms with Crippen molar-refractivity contribution in [2.75, 3.05) is 54.4 Å². The molecule has 190 valence electrons. The Kier molecular flexibility index (Phi) is 32.5. The van der Waals surface area contributed by atoms with Crippen LogP contribution in [-0.4, -0.2) is 99.2 Å². The van der Waals surface area contributed by atoms with Crippen LogP contribution in [0, 0.1) is 11.3 Å². The van der Waals surface area contributed by atoms with Crippen LogP contribution in [0.25, 0.3) is 5.32 Å². The summed E-state index contributed by atoms with van der Waals surface area (Å²) in [5.41, 5.74) is 0. The maximum absolute atomic E-state index is 12.6. The maximum Gasteiger partial charge on any atom is 1.00 e. The molecule has 0 amide bonds. The first-order valence-corrected chi connectivity index (χ1v) is 7.92. The standard InChI is InChI=1S/C5H10F2N2.C5H11FN2.C2F6N.C2H3N.CH4.FH.2Rb/c1-8-3-4-9(2)5(8,6)7;1-7-3-4-8(2)5(7)6;3-1(4,5)9-2(6,7)8;1-2-3;;;;/h3-4H2,1-2H3;5H,3-4H2,1-2H3;;1H3;1H4;1H;;/q;;-1;;;;2*+1/p-1. The molecule has 2 aliphatic rings. The Morgan fingerprint density at radius 2 is 1.06 bits per heavy atom. The molecule has 18 heteroatoms. The van der Waals surface area contributed by atoms with E-state index in [0.29, 0.717) is 18.4 Å². The summed E-state index contributed by atoms with van der Waals surface area (Å²) in [6.45, 7) is 4.02. The Hall–Kier alpha value is 2.20. The van der Waals surface area contributed by atoms with E-state index in [1.54, 1.807) is 30.0 Å². The molecule has 0 saturated carbocycles. The van der Waals surface area contributed by atoms with E-state index in [1.807, 2.05) is 0 Å². The molecule has 0 aromatic heterocycles. The van der Waals surface area contributed by atoms with Crippen molar-refractivity contribution in [3.63, 3.8) is 0 Å². The summed E-state index contributed by atoms with van der Waals surface area (Å²) in [5, 5.41) is 7.86. The van der Waals surface area contributed by atoms with Crippen LogP contribution in [0.2, 0.25) is 0 Å². The van der Waals surface area contributed by atoms with E-state index in [9.17, 15) is 39.5 Å². The van der Waals surface area contributed by atoms with Gasteiger partial charge in [-0.3, -0.25) is 9.80 Å². The van der Waals surface area contributed by atoms with Crippen molar-refractivity contribution in [3.8, 4) is 6.07 Å². The summed E-state index contributed by atoms with van der Waals surface area (Å²) < 4.78 is 102. The Labute approximate surface area is 286 Å². The van der Waals surface area contributed by atoms with Gasteiger partial charge in [0.1, 0.15) is 0 Å². The van der Waals surface area contributed by atoms with Crippen LogP contribution in [-0.2, 0) is 0 Å². The normalized spacial score (nSPS) is 18.7. The Bertz CT molecular complexity index is 471. The van der Waals surface area contributed by atoms with Gasteiger partial charge in [-0.05, 0) is 28.2 Å². The van der Waals surface area contributed by atoms with Crippen molar-refractivity contribution in [1.82, 2.24) is 19.6 Å². The molecule has 33 heavy (non-hydrogen) atoms. The Morgan fingerprint density at radius 1 is 0.818 bits per heavy atom. The summed E-state index contributed by atoms with van der Waals surface area (Å²) in [7, 11) is 6.41. The van der Waals surface area contributed by atoms with Crippen molar-refractivity contribution in [3.05, 3.63) is 5.32 Å². The van der Waals surface area contributed by atoms with E-state index in [1.165, 1.54) is 21.0 Å². The van der Waals surface area contributed by atoms with E-state index in [-0.39, 0.29) is 129 Å². The van der Waals surface area contributed by atoms with Gasteiger partial charge in [0, 0.05) is 33.1 Å². The van der Waals surface area contributed by atoms with Gasteiger partial charge in [-0.2, -0.15) is 40.4 Å². The third-order valence-electron chi connectivity index (χ3n) is 3.48. The predicted octanol–water partition coefficient (Wildman–Crippen LogP) is -4.89. The van der Waals surface area contributed by atoms with Gasteiger partial charge < -0.3 is 10.0 Å². The van der Waals surface area contributed by atoms with Crippen LogP contribution in [0.1, 0.15) is 14.4 Å². The molecule has 2 saturated heterocycles. The molecule has 0 aromatic rings. The number of nitrogens with zero attached hydrogens (tertiary/aromatic N) is 6. The van der Waals surface area contributed by atoms with E-state index in [4.69, 9.17) is 5.26 Å². The fourth-order valence-corrected chi connectivity index (χ4v) is 1.87. The average Bonchev–Trinajstić information content (AvgIpc) is 2.93. The molecule has 0 radical (unpaired) electrons. The average molecular weight is 653 g/mol. The van der Waals surface area contributed by atoms with Gasteiger partial charge in [-0.15, -0.1) is 0 Å². The zero-order valence-corrected chi connectivity index (χ0v) is 28.7. The van der Waals surface area contributed by atoms with Gasteiger partial charge in [0.05, 0.1) is 6.07 Å². The van der Waals surface area contributed by atoms with Crippen LogP contribution in [0.15, 0.2) is 0 Å². The fourth-order valence-electron chi connectivity index (χ4n) is 1.87. The zero-order valence-electron chi connectivity index (χ0n) is 18.9. The second-order valence-electron chi connectivity index (χ2n) is 5.90. The summed E-state index contributed by atoms with van der Waals surface area (Å²) in [5.74, 6) is 0. The molecular weight excluding hydrogens is 625 g/mol. The number of hydrogen-bond donors (Lipinski definition) is 0. The number of likely N-dealkylation sites (N-methyl/N-ethyl adjacent to an activating group) is 4. The van der Waals surface area contributed by atoms with Gasteiger partial charge in [-0.25, -0.2) is 14.2 Å². The van der Waals surface area contributed by atoms with Crippen LogP contribution in [0.5, 0.6) is 0 Å². The number of rotatable bonds is 0. The van der Waals surface area contributed by atoms with Crippen LogP contribution in [0.3, 0.4) is 0 Å². The first-order valence-electron chi connectivity index (χ1n) is 7.92. The summed E-state index contributed by atoms with van der Waals surface area (Å²) >= 11 is 0. The van der Waals surface area contributed by atoms with E-state index >= 15 is 0 Å². The Balaban J connectivity index is -0.0000000739. The molecular formula is C15H28F10N6Rb2. The predicted molar refractivity (Wildman–Crippen MR) is 93.9 cm³/mol.